The van der Waals surface area contributed by atoms with Crippen LogP contribution < -0.4 is 0 Å². The number of nitrogens with zero attached hydrogens (tertiary/aromatic N) is 1. The van der Waals surface area contributed by atoms with E-state index < -0.39 is 0 Å². The standard InChI is InChI=1S/C15H30.C14H29NO3/c1-3-5-7-8-9-10-12-15-13-14(15)11-6-4-2;1-4-7-8-9-14(16)18-13-12-17-11-10-15(5-2)6-3/h14-15H,3-13H2,1-2H3;4-13H2,1-3H3. The minimum absolute atomic E-state index is 0.101. The summed E-state index contributed by atoms with van der Waals surface area (Å²) in [5, 5.41) is 0. The van der Waals surface area contributed by atoms with Gasteiger partial charge in [-0.25, -0.2) is 0 Å². The van der Waals surface area contributed by atoms with Gasteiger partial charge in [-0.05, 0) is 37.8 Å². The number of likely N-dealkylation sites (N-methyl/N-ethyl adjacent to an activating group) is 1. The van der Waals surface area contributed by atoms with E-state index in [0.29, 0.717) is 26.2 Å². The zero-order valence-electron chi connectivity index (χ0n) is 23.2. The van der Waals surface area contributed by atoms with Crippen molar-refractivity contribution in [1.29, 1.82) is 0 Å². The molecule has 4 heteroatoms. The van der Waals surface area contributed by atoms with E-state index in [0.717, 1.165) is 50.7 Å². The number of ether oxygens (including phenoxy) is 2. The van der Waals surface area contributed by atoms with E-state index >= 15 is 0 Å². The van der Waals surface area contributed by atoms with Crippen molar-refractivity contribution in [1.82, 2.24) is 4.90 Å². The first-order valence-corrected chi connectivity index (χ1v) is 14.6. The van der Waals surface area contributed by atoms with Crippen molar-refractivity contribution in [3.63, 3.8) is 0 Å². The van der Waals surface area contributed by atoms with E-state index in [-0.39, 0.29) is 5.97 Å². The van der Waals surface area contributed by atoms with Gasteiger partial charge in [-0.3, -0.25) is 4.79 Å². The molecule has 1 saturated carbocycles. The highest BCUT2D eigenvalue weighted by Crippen LogP contribution is 2.45. The molecule has 1 aliphatic rings. The largest absolute Gasteiger partial charge is 0.463 e. The van der Waals surface area contributed by atoms with Crippen molar-refractivity contribution in [2.45, 2.75) is 131 Å². The zero-order valence-corrected chi connectivity index (χ0v) is 23.2. The van der Waals surface area contributed by atoms with Crippen molar-refractivity contribution in [2.24, 2.45) is 11.8 Å². The van der Waals surface area contributed by atoms with Gasteiger partial charge in [0.25, 0.3) is 0 Å². The molecular weight excluding hydrogens is 410 g/mol. The number of unbranched alkanes of at least 4 members (excludes halogenated alkanes) is 8. The number of carbonyl (C=O) groups is 1. The maximum Gasteiger partial charge on any atom is 0.305 e. The van der Waals surface area contributed by atoms with Crippen molar-refractivity contribution in [2.75, 3.05) is 39.5 Å². The Labute approximate surface area is 207 Å². The second kappa shape index (κ2) is 24.5. The van der Waals surface area contributed by atoms with Crippen LogP contribution in [0.15, 0.2) is 0 Å². The van der Waals surface area contributed by atoms with Gasteiger partial charge in [0.15, 0.2) is 0 Å². The summed E-state index contributed by atoms with van der Waals surface area (Å²) in [5.74, 6) is 2.18. The van der Waals surface area contributed by atoms with Gasteiger partial charge < -0.3 is 14.4 Å². The van der Waals surface area contributed by atoms with Crippen LogP contribution in [0.25, 0.3) is 0 Å². The fraction of sp³-hybridized carbons (Fsp3) is 0.966. The lowest BCUT2D eigenvalue weighted by Crippen LogP contribution is -2.27. The molecule has 0 saturated heterocycles. The van der Waals surface area contributed by atoms with E-state index in [1.807, 2.05) is 0 Å². The third kappa shape index (κ3) is 21.6. The normalized spacial score (nSPS) is 17.0. The number of hydrogen-bond acceptors (Lipinski definition) is 4. The van der Waals surface area contributed by atoms with E-state index in [2.05, 4.69) is 39.5 Å². The van der Waals surface area contributed by atoms with Gasteiger partial charge in [-0.15, -0.1) is 0 Å². The van der Waals surface area contributed by atoms with Gasteiger partial charge >= 0.3 is 5.97 Å². The Morgan fingerprint density at radius 1 is 0.697 bits per heavy atom. The van der Waals surface area contributed by atoms with Crippen molar-refractivity contribution in [3.05, 3.63) is 0 Å². The van der Waals surface area contributed by atoms with Crippen molar-refractivity contribution >= 4 is 5.97 Å². The van der Waals surface area contributed by atoms with Crippen LogP contribution in [-0.4, -0.2) is 50.3 Å². The van der Waals surface area contributed by atoms with Crippen LogP contribution in [0.2, 0.25) is 0 Å². The summed E-state index contributed by atoms with van der Waals surface area (Å²) in [5.41, 5.74) is 0. The number of esters is 1. The second-order valence-electron chi connectivity index (χ2n) is 9.77. The highest BCUT2D eigenvalue weighted by atomic mass is 16.6. The number of hydrogen-bond donors (Lipinski definition) is 0. The maximum atomic E-state index is 11.3. The Hall–Kier alpha value is -0.610. The van der Waals surface area contributed by atoms with Gasteiger partial charge in [-0.1, -0.05) is 112 Å². The number of rotatable bonds is 22. The second-order valence-corrected chi connectivity index (χ2v) is 9.77. The summed E-state index contributed by atoms with van der Waals surface area (Å²) in [6, 6.07) is 0. The Morgan fingerprint density at radius 2 is 1.27 bits per heavy atom. The first-order valence-electron chi connectivity index (χ1n) is 14.6. The minimum atomic E-state index is -0.101. The van der Waals surface area contributed by atoms with Gasteiger partial charge in [0, 0.05) is 13.0 Å². The topological polar surface area (TPSA) is 38.8 Å². The molecule has 0 N–H and O–H groups in total. The smallest absolute Gasteiger partial charge is 0.305 e. The van der Waals surface area contributed by atoms with Crippen LogP contribution in [0, 0.1) is 11.8 Å². The van der Waals surface area contributed by atoms with Crippen molar-refractivity contribution in [3.8, 4) is 0 Å². The highest BCUT2D eigenvalue weighted by Gasteiger charge is 2.34. The molecule has 0 aliphatic heterocycles. The quantitative estimate of drug-likeness (QED) is 0.119. The first kappa shape index (κ1) is 32.4. The molecule has 1 fully saturated rings. The SMILES string of the molecule is CCCCCC(=O)OCCOCCN(CC)CC.CCCCCCCCC1CC1CCCC. The fourth-order valence-corrected chi connectivity index (χ4v) is 4.31. The molecule has 0 spiro atoms. The molecule has 1 aliphatic carbocycles. The Balaban J connectivity index is 0.000000629. The van der Waals surface area contributed by atoms with Gasteiger partial charge in [0.2, 0.25) is 0 Å². The Kier molecular flexibility index (Phi) is 24.1. The van der Waals surface area contributed by atoms with Crippen LogP contribution in [0.5, 0.6) is 0 Å². The highest BCUT2D eigenvalue weighted by molar-refractivity contribution is 5.69. The average molecular weight is 470 g/mol. The van der Waals surface area contributed by atoms with E-state index in [1.54, 1.807) is 12.8 Å². The molecule has 4 nitrogen and oxygen atoms in total. The molecule has 0 aromatic carbocycles. The third-order valence-corrected chi connectivity index (χ3v) is 6.85. The summed E-state index contributed by atoms with van der Waals surface area (Å²) in [7, 11) is 0. The third-order valence-electron chi connectivity index (χ3n) is 6.85. The summed E-state index contributed by atoms with van der Waals surface area (Å²) in [6.07, 6.45) is 20.0. The monoisotopic (exact) mass is 469 g/mol. The van der Waals surface area contributed by atoms with Crippen LogP contribution in [0.3, 0.4) is 0 Å². The fourth-order valence-electron chi connectivity index (χ4n) is 4.31. The van der Waals surface area contributed by atoms with Gasteiger partial charge in [0.05, 0.1) is 13.2 Å². The van der Waals surface area contributed by atoms with Crippen LogP contribution in [0.4, 0.5) is 0 Å². The molecule has 2 unspecified atom stereocenters. The molecule has 1 rings (SSSR count). The van der Waals surface area contributed by atoms with Crippen molar-refractivity contribution < 1.29 is 14.3 Å². The molecular formula is C29H59NO3. The van der Waals surface area contributed by atoms with Crippen LogP contribution in [0.1, 0.15) is 131 Å². The predicted molar refractivity (Wildman–Crippen MR) is 143 cm³/mol. The average Bonchev–Trinajstić information content (AvgIpc) is 3.58. The Bertz CT molecular complexity index is 412. The van der Waals surface area contributed by atoms with Gasteiger partial charge in [-0.2, -0.15) is 0 Å². The van der Waals surface area contributed by atoms with E-state index in [9.17, 15) is 4.79 Å². The maximum absolute atomic E-state index is 11.3. The zero-order chi connectivity index (χ0) is 24.6. The molecule has 0 bridgehead atoms. The van der Waals surface area contributed by atoms with E-state index in [4.69, 9.17) is 9.47 Å². The molecule has 33 heavy (non-hydrogen) atoms. The number of carbonyl (C=O) groups excluding carboxylic acids is 1. The lowest BCUT2D eigenvalue weighted by atomic mass is 10.1. The van der Waals surface area contributed by atoms with Crippen LogP contribution in [-0.2, 0) is 14.3 Å². The first-order chi connectivity index (χ1) is 16.1. The van der Waals surface area contributed by atoms with Gasteiger partial charge in [0.1, 0.15) is 6.61 Å². The lowest BCUT2D eigenvalue weighted by Gasteiger charge is -2.17. The summed E-state index contributed by atoms with van der Waals surface area (Å²) in [4.78, 5) is 13.6. The summed E-state index contributed by atoms with van der Waals surface area (Å²) < 4.78 is 10.5. The lowest BCUT2D eigenvalue weighted by molar-refractivity contribution is -0.145. The summed E-state index contributed by atoms with van der Waals surface area (Å²) >= 11 is 0. The molecule has 0 heterocycles. The van der Waals surface area contributed by atoms with E-state index in [1.165, 1.54) is 57.8 Å². The molecule has 0 aromatic rings. The summed E-state index contributed by atoms with van der Waals surface area (Å²) in [6.45, 7) is 15.6. The molecule has 0 radical (unpaired) electrons. The Morgan fingerprint density at radius 3 is 1.91 bits per heavy atom. The van der Waals surface area contributed by atoms with Crippen LogP contribution >= 0.6 is 0 Å². The molecule has 198 valence electrons. The molecule has 2 atom stereocenters. The predicted octanol–water partition coefficient (Wildman–Crippen LogP) is 8.03. The molecule has 0 aromatic heterocycles. The molecule has 0 amide bonds. The minimum Gasteiger partial charge on any atom is -0.463 e.